The van der Waals surface area contributed by atoms with Crippen LogP contribution in [0.5, 0.6) is 0 Å². The number of benzene rings is 3. The zero-order valence-electron chi connectivity index (χ0n) is 23.6. The first-order valence-corrected chi connectivity index (χ1v) is 14.2. The van der Waals surface area contributed by atoms with E-state index in [9.17, 15) is 19.5 Å². The Hall–Kier alpha value is -3.64. The van der Waals surface area contributed by atoms with Gasteiger partial charge in [0.1, 0.15) is 0 Å². The number of carboxylic acids is 1. The van der Waals surface area contributed by atoms with Crippen molar-refractivity contribution in [2.75, 3.05) is 16.3 Å². The zero-order valence-corrected chi connectivity index (χ0v) is 24.3. The Bertz CT molecular complexity index is 1370. The summed E-state index contributed by atoms with van der Waals surface area (Å²) in [5.74, 6) is -1.26. The second kappa shape index (κ2) is 12.3. The monoisotopic (exact) mass is 560 g/mol. The quantitative estimate of drug-likeness (QED) is 0.297. The normalized spacial score (nSPS) is 16.8. The molecule has 0 aromatic heterocycles. The predicted octanol–water partition coefficient (Wildman–Crippen LogP) is 7.35. The zero-order chi connectivity index (χ0) is 29.0. The van der Waals surface area contributed by atoms with Gasteiger partial charge in [-0.05, 0) is 107 Å². The molecule has 1 aliphatic heterocycles. The molecule has 210 valence electrons. The minimum absolute atomic E-state index is 0.00616. The second-order valence-corrected chi connectivity index (χ2v) is 11.6. The Morgan fingerprint density at radius 1 is 1.00 bits per heavy atom. The lowest BCUT2D eigenvalue weighted by Gasteiger charge is -2.40. The standard InChI is InChI=1S/C33H37ClN2O4/c1-5-35(26-18-16-25(34)17-19-26)31(38)28-21-22(2)36(29-11-7-6-10-27(28)29)30(37)24-14-12-23(13-15-24)9-8-20-33(3,4)32(39)40/h6-7,10-19,22,28H,5,8-9,20-21H2,1-4H3,(H,39,40)/t22-,28-/m1/s1. The third-order valence-electron chi connectivity index (χ3n) is 7.87. The van der Waals surface area contributed by atoms with E-state index in [0.717, 1.165) is 35.3 Å². The molecule has 1 aliphatic rings. The van der Waals surface area contributed by atoms with Crippen molar-refractivity contribution in [3.05, 3.63) is 94.5 Å². The van der Waals surface area contributed by atoms with Crippen molar-refractivity contribution < 1.29 is 19.5 Å². The molecule has 0 radical (unpaired) electrons. The maximum Gasteiger partial charge on any atom is 0.309 e. The third kappa shape index (κ3) is 6.23. The van der Waals surface area contributed by atoms with E-state index in [1.165, 1.54) is 0 Å². The summed E-state index contributed by atoms with van der Waals surface area (Å²) in [5.41, 5.74) is 3.30. The number of carboxylic acid groups (broad SMARTS) is 1. The van der Waals surface area contributed by atoms with E-state index >= 15 is 0 Å². The van der Waals surface area contributed by atoms with Crippen molar-refractivity contribution >= 4 is 40.8 Å². The second-order valence-electron chi connectivity index (χ2n) is 11.2. The highest BCUT2D eigenvalue weighted by molar-refractivity contribution is 6.30. The van der Waals surface area contributed by atoms with Crippen molar-refractivity contribution in [2.24, 2.45) is 5.41 Å². The molecule has 0 spiro atoms. The Balaban J connectivity index is 1.53. The van der Waals surface area contributed by atoms with Crippen LogP contribution in [0.25, 0.3) is 0 Å². The molecule has 4 rings (SSSR count). The van der Waals surface area contributed by atoms with Crippen LogP contribution < -0.4 is 9.80 Å². The van der Waals surface area contributed by atoms with Gasteiger partial charge in [-0.1, -0.05) is 41.9 Å². The SMILES string of the molecule is CCN(C(=O)[C@@H]1C[C@@H](C)N(C(=O)c2ccc(CCCC(C)(C)C(=O)O)cc2)c2ccccc21)c1ccc(Cl)cc1. The van der Waals surface area contributed by atoms with Crippen LogP contribution in [0.4, 0.5) is 11.4 Å². The van der Waals surface area contributed by atoms with Crippen molar-refractivity contribution in [3.8, 4) is 0 Å². The number of likely N-dealkylation sites (N-methyl/N-ethyl adjacent to an activating group) is 1. The summed E-state index contributed by atoms with van der Waals surface area (Å²) in [4.78, 5) is 42.6. The van der Waals surface area contributed by atoms with Gasteiger partial charge < -0.3 is 14.9 Å². The molecular formula is C33H37ClN2O4. The molecule has 1 heterocycles. The van der Waals surface area contributed by atoms with Gasteiger partial charge in [0.25, 0.3) is 5.91 Å². The lowest BCUT2D eigenvalue weighted by Crippen LogP contribution is -2.46. The van der Waals surface area contributed by atoms with Gasteiger partial charge in [-0.15, -0.1) is 0 Å². The van der Waals surface area contributed by atoms with E-state index in [0.29, 0.717) is 30.0 Å². The summed E-state index contributed by atoms with van der Waals surface area (Å²) >= 11 is 6.07. The molecular weight excluding hydrogens is 524 g/mol. The van der Waals surface area contributed by atoms with E-state index in [2.05, 4.69) is 0 Å². The van der Waals surface area contributed by atoms with Crippen LogP contribution in [0.15, 0.2) is 72.8 Å². The molecule has 3 aromatic carbocycles. The fourth-order valence-corrected chi connectivity index (χ4v) is 5.55. The number of anilines is 2. The summed E-state index contributed by atoms with van der Waals surface area (Å²) < 4.78 is 0. The molecule has 0 bridgehead atoms. The van der Waals surface area contributed by atoms with Crippen LogP contribution in [-0.2, 0) is 16.0 Å². The average Bonchev–Trinajstić information content (AvgIpc) is 2.94. The number of halogens is 1. The molecule has 0 fully saturated rings. The Morgan fingerprint density at radius 3 is 2.27 bits per heavy atom. The largest absolute Gasteiger partial charge is 0.481 e. The number of fused-ring (bicyclic) bond motifs is 1. The van der Waals surface area contributed by atoms with Crippen LogP contribution in [0.3, 0.4) is 0 Å². The molecule has 1 N–H and O–H groups in total. The molecule has 2 amide bonds. The van der Waals surface area contributed by atoms with Crippen LogP contribution in [0, 0.1) is 5.41 Å². The fourth-order valence-electron chi connectivity index (χ4n) is 5.43. The van der Waals surface area contributed by atoms with E-state index < -0.39 is 11.4 Å². The molecule has 0 saturated heterocycles. The van der Waals surface area contributed by atoms with Crippen molar-refractivity contribution in [1.82, 2.24) is 0 Å². The van der Waals surface area contributed by atoms with Crippen molar-refractivity contribution in [2.45, 2.75) is 65.3 Å². The van der Waals surface area contributed by atoms with Gasteiger partial charge in [-0.25, -0.2) is 0 Å². The minimum atomic E-state index is -0.791. The Kier molecular flexibility index (Phi) is 8.99. The van der Waals surface area contributed by atoms with E-state index in [-0.39, 0.29) is 23.8 Å². The molecule has 2 atom stereocenters. The van der Waals surface area contributed by atoms with E-state index in [1.807, 2.05) is 79.4 Å². The van der Waals surface area contributed by atoms with Gasteiger partial charge in [0.15, 0.2) is 0 Å². The highest BCUT2D eigenvalue weighted by Crippen LogP contribution is 2.41. The van der Waals surface area contributed by atoms with Gasteiger partial charge in [0.05, 0.1) is 11.3 Å². The van der Waals surface area contributed by atoms with Crippen molar-refractivity contribution in [3.63, 3.8) is 0 Å². The fraction of sp³-hybridized carbons (Fsp3) is 0.364. The maximum atomic E-state index is 13.8. The lowest BCUT2D eigenvalue weighted by atomic mass is 9.84. The summed E-state index contributed by atoms with van der Waals surface area (Å²) in [6, 6.07) is 22.3. The van der Waals surface area contributed by atoms with Crippen LogP contribution in [0.1, 0.15) is 74.4 Å². The average molecular weight is 561 g/mol. The summed E-state index contributed by atoms with van der Waals surface area (Å²) in [5, 5.41) is 9.95. The number of aliphatic carboxylic acids is 1. The molecule has 0 saturated carbocycles. The summed E-state index contributed by atoms with van der Waals surface area (Å²) in [7, 11) is 0. The number of carbonyl (C=O) groups is 3. The first kappa shape index (κ1) is 29.3. The highest BCUT2D eigenvalue weighted by atomic mass is 35.5. The molecule has 7 heteroatoms. The summed E-state index contributed by atoms with van der Waals surface area (Å²) in [6.07, 6.45) is 2.60. The number of nitrogens with zero attached hydrogens (tertiary/aromatic N) is 2. The Morgan fingerprint density at radius 2 is 1.65 bits per heavy atom. The van der Waals surface area contributed by atoms with E-state index in [1.54, 1.807) is 30.9 Å². The molecule has 6 nitrogen and oxygen atoms in total. The summed E-state index contributed by atoms with van der Waals surface area (Å²) in [6.45, 7) is 7.95. The molecule has 0 aliphatic carbocycles. The number of amides is 2. The van der Waals surface area contributed by atoms with Gasteiger partial charge in [-0.3, -0.25) is 14.4 Å². The predicted molar refractivity (Wildman–Crippen MR) is 160 cm³/mol. The first-order chi connectivity index (χ1) is 19.0. The number of hydrogen-bond acceptors (Lipinski definition) is 3. The number of para-hydroxylation sites is 1. The van der Waals surface area contributed by atoms with Crippen LogP contribution >= 0.6 is 11.6 Å². The smallest absolute Gasteiger partial charge is 0.309 e. The third-order valence-corrected chi connectivity index (χ3v) is 8.13. The number of hydrogen-bond donors (Lipinski definition) is 1. The van der Waals surface area contributed by atoms with Crippen LogP contribution in [0.2, 0.25) is 5.02 Å². The molecule has 0 unspecified atom stereocenters. The van der Waals surface area contributed by atoms with Gasteiger partial charge in [0.2, 0.25) is 5.91 Å². The minimum Gasteiger partial charge on any atom is -0.481 e. The van der Waals surface area contributed by atoms with Gasteiger partial charge in [-0.2, -0.15) is 0 Å². The van der Waals surface area contributed by atoms with Crippen LogP contribution in [-0.4, -0.2) is 35.5 Å². The highest BCUT2D eigenvalue weighted by Gasteiger charge is 2.38. The maximum absolute atomic E-state index is 13.8. The number of aryl methyl sites for hydroxylation is 1. The van der Waals surface area contributed by atoms with Gasteiger partial charge >= 0.3 is 5.97 Å². The first-order valence-electron chi connectivity index (χ1n) is 13.8. The lowest BCUT2D eigenvalue weighted by molar-refractivity contribution is -0.147. The number of carbonyl (C=O) groups excluding carboxylic acids is 2. The van der Waals surface area contributed by atoms with Crippen molar-refractivity contribution in [1.29, 1.82) is 0 Å². The molecule has 40 heavy (non-hydrogen) atoms. The topological polar surface area (TPSA) is 77.9 Å². The van der Waals surface area contributed by atoms with Gasteiger partial charge in [0, 0.05) is 34.5 Å². The molecule has 3 aromatic rings. The number of rotatable bonds is 9. The Labute approximate surface area is 241 Å². The van der Waals surface area contributed by atoms with E-state index in [4.69, 9.17) is 11.6 Å².